The zero-order valence-electron chi connectivity index (χ0n) is 37.2. The SMILES string of the molecule is CCCSc1nc(NCCN)c(N)c(N(N)Cc2ccc(/C(=C/NCCOCCNC(=O)C#Cc3ccc(Cc4nc(C(=O)NC5COc6ccccc6N(C)C5=O)n[nH]4)cc3)N=N)cc2)n1. The number of hydrogen-bond donors (Lipinski definition) is 9. The number of ether oxygens (including phenoxy) is 2. The summed E-state index contributed by atoms with van der Waals surface area (Å²) in [5.74, 6) is 13.2. The Morgan fingerprint density at radius 2 is 1.82 bits per heavy atom. The van der Waals surface area contributed by atoms with Gasteiger partial charge in [0.15, 0.2) is 16.8 Å². The molecule has 1 unspecified atom stereocenters. The number of carbonyl (C=O) groups is 3. The molecule has 1 aliphatic heterocycles. The fourth-order valence-electron chi connectivity index (χ4n) is 6.44. The molecule has 0 aliphatic carbocycles. The van der Waals surface area contributed by atoms with Crippen LogP contribution in [0.4, 0.5) is 23.0 Å². The van der Waals surface area contributed by atoms with Crippen molar-refractivity contribution in [1.29, 1.82) is 5.53 Å². The third-order valence-electron chi connectivity index (χ3n) is 9.88. The summed E-state index contributed by atoms with van der Waals surface area (Å²) in [6.45, 7) is 4.64. The van der Waals surface area contributed by atoms with E-state index in [1.54, 1.807) is 43.6 Å². The fourth-order valence-corrected chi connectivity index (χ4v) is 7.13. The lowest BCUT2D eigenvalue weighted by Crippen LogP contribution is -2.49. The average molecular weight is 931 g/mol. The van der Waals surface area contributed by atoms with Gasteiger partial charge in [0.05, 0.1) is 25.4 Å². The van der Waals surface area contributed by atoms with Crippen molar-refractivity contribution in [2.45, 2.75) is 37.5 Å². The van der Waals surface area contributed by atoms with Crippen LogP contribution in [0, 0.1) is 17.4 Å². The summed E-state index contributed by atoms with van der Waals surface area (Å²) in [5.41, 5.74) is 24.3. The Morgan fingerprint density at radius 3 is 2.58 bits per heavy atom. The van der Waals surface area contributed by atoms with Crippen molar-refractivity contribution in [2.24, 2.45) is 16.7 Å². The van der Waals surface area contributed by atoms with E-state index in [-0.39, 0.29) is 31.5 Å². The van der Waals surface area contributed by atoms with Gasteiger partial charge < -0.3 is 47.1 Å². The highest BCUT2D eigenvalue weighted by molar-refractivity contribution is 7.99. The maximum Gasteiger partial charge on any atom is 0.296 e. The number of carbonyl (C=O) groups excluding carboxylic acids is 3. The second-order valence-electron chi connectivity index (χ2n) is 14.9. The summed E-state index contributed by atoms with van der Waals surface area (Å²) in [4.78, 5) is 53.2. The summed E-state index contributed by atoms with van der Waals surface area (Å²) >= 11 is 1.53. The van der Waals surface area contributed by atoms with E-state index in [0.717, 1.165) is 28.9 Å². The van der Waals surface area contributed by atoms with Gasteiger partial charge in [0, 0.05) is 68.6 Å². The van der Waals surface area contributed by atoms with Gasteiger partial charge in [0.1, 0.15) is 35.6 Å². The molecular weight excluding hydrogens is 877 g/mol. The number of para-hydroxylation sites is 2. The summed E-state index contributed by atoms with van der Waals surface area (Å²) in [5, 5.41) is 24.2. The number of hydrogen-bond acceptors (Lipinski definition) is 18. The number of nitrogens with zero attached hydrogens (tertiary/aromatic N) is 7. The molecular formula is C45H54N16O5S. The number of aromatic amines is 1. The molecule has 3 heterocycles. The number of amides is 3. The number of likely N-dealkylation sites (N-methyl/N-ethyl adjacent to an activating group) is 1. The average Bonchev–Trinajstić information content (AvgIpc) is 3.78. The molecule has 3 amide bonds. The summed E-state index contributed by atoms with van der Waals surface area (Å²) in [6.07, 6.45) is 2.96. The fraction of sp³-hybridized carbons (Fsp3) is 0.311. The normalized spacial score (nSPS) is 13.3. The van der Waals surface area contributed by atoms with Crippen LogP contribution in [0.2, 0.25) is 0 Å². The lowest BCUT2D eigenvalue weighted by atomic mass is 10.1. The van der Waals surface area contributed by atoms with E-state index in [4.69, 9.17) is 32.3 Å². The molecule has 350 valence electrons. The quantitative estimate of drug-likeness (QED) is 0.00917. The number of benzene rings is 3. The monoisotopic (exact) mass is 930 g/mol. The molecule has 21 nitrogen and oxygen atoms in total. The van der Waals surface area contributed by atoms with Crippen LogP contribution in [-0.2, 0) is 27.3 Å². The first kappa shape index (κ1) is 48.9. The molecule has 2 aromatic heterocycles. The van der Waals surface area contributed by atoms with Gasteiger partial charge in [-0.25, -0.2) is 26.3 Å². The van der Waals surface area contributed by atoms with E-state index in [9.17, 15) is 14.4 Å². The Hall–Kier alpha value is -7.58. The van der Waals surface area contributed by atoms with Gasteiger partial charge in [-0.3, -0.25) is 24.5 Å². The molecule has 3 aromatic carbocycles. The smallest absolute Gasteiger partial charge is 0.296 e. The van der Waals surface area contributed by atoms with Crippen molar-refractivity contribution in [3.63, 3.8) is 0 Å². The molecule has 12 N–H and O–H groups in total. The first-order valence-corrected chi connectivity index (χ1v) is 22.4. The highest BCUT2D eigenvalue weighted by Gasteiger charge is 2.31. The predicted molar refractivity (Wildman–Crippen MR) is 256 cm³/mol. The van der Waals surface area contributed by atoms with Gasteiger partial charge in [0.2, 0.25) is 5.82 Å². The van der Waals surface area contributed by atoms with E-state index in [2.05, 4.69) is 70.3 Å². The van der Waals surface area contributed by atoms with Crippen molar-refractivity contribution < 1.29 is 23.9 Å². The number of thioether (sulfide) groups is 1. The highest BCUT2D eigenvalue weighted by Crippen LogP contribution is 2.31. The molecule has 1 atom stereocenters. The Kier molecular flexibility index (Phi) is 18.0. The topological polar surface area (TPSA) is 306 Å². The minimum atomic E-state index is -0.920. The Bertz CT molecular complexity index is 2580. The molecule has 0 radical (unpaired) electrons. The first-order valence-electron chi connectivity index (χ1n) is 21.4. The van der Waals surface area contributed by atoms with Crippen LogP contribution >= 0.6 is 11.8 Å². The van der Waals surface area contributed by atoms with E-state index < -0.39 is 17.9 Å². The van der Waals surface area contributed by atoms with Crippen molar-refractivity contribution in [3.8, 4) is 17.6 Å². The number of fused-ring (bicyclic) bond motifs is 1. The number of rotatable bonds is 22. The Labute approximate surface area is 391 Å². The van der Waals surface area contributed by atoms with Crippen molar-refractivity contribution in [1.82, 2.24) is 41.1 Å². The van der Waals surface area contributed by atoms with Crippen LogP contribution in [0.15, 0.2) is 89.3 Å². The van der Waals surface area contributed by atoms with Crippen LogP contribution in [0.1, 0.15) is 52.0 Å². The van der Waals surface area contributed by atoms with Gasteiger partial charge in [-0.15, -0.1) is 5.10 Å². The minimum absolute atomic E-state index is 0.0318. The molecule has 1 aliphatic rings. The van der Waals surface area contributed by atoms with Gasteiger partial charge in [-0.1, -0.05) is 73.1 Å². The maximum atomic E-state index is 13.0. The molecule has 0 bridgehead atoms. The summed E-state index contributed by atoms with van der Waals surface area (Å²) in [6, 6.07) is 21.0. The Morgan fingerprint density at radius 1 is 1.06 bits per heavy atom. The number of nitrogens with two attached hydrogens (primary N) is 3. The van der Waals surface area contributed by atoms with Crippen LogP contribution in [-0.4, -0.2) is 108 Å². The first-order chi connectivity index (χ1) is 32.6. The zero-order valence-corrected chi connectivity index (χ0v) is 38.0. The third-order valence-corrected chi connectivity index (χ3v) is 10.9. The second-order valence-corrected chi connectivity index (χ2v) is 15.9. The lowest BCUT2D eigenvalue weighted by Gasteiger charge is -2.21. The highest BCUT2D eigenvalue weighted by atomic mass is 32.2. The van der Waals surface area contributed by atoms with Crippen molar-refractivity contribution >= 4 is 58.2 Å². The van der Waals surface area contributed by atoms with Crippen molar-refractivity contribution in [3.05, 3.63) is 113 Å². The van der Waals surface area contributed by atoms with E-state index in [1.807, 2.05) is 42.5 Å². The predicted octanol–water partition coefficient (Wildman–Crippen LogP) is 2.78. The Balaban J connectivity index is 0.871. The molecule has 0 spiro atoms. The number of aromatic nitrogens is 5. The summed E-state index contributed by atoms with van der Waals surface area (Å²) in [7, 11) is 1.63. The number of nitrogens with one attached hydrogen (secondary N) is 6. The molecule has 22 heteroatoms. The van der Waals surface area contributed by atoms with Gasteiger partial charge in [-0.2, -0.15) is 5.11 Å². The molecule has 0 saturated carbocycles. The van der Waals surface area contributed by atoms with Crippen LogP contribution in [0.5, 0.6) is 5.75 Å². The number of hydrazine groups is 1. The number of anilines is 4. The van der Waals surface area contributed by atoms with E-state index >= 15 is 0 Å². The van der Waals surface area contributed by atoms with Crippen molar-refractivity contribution in [2.75, 3.05) is 79.8 Å². The van der Waals surface area contributed by atoms with E-state index in [1.165, 1.54) is 21.7 Å². The molecule has 67 heavy (non-hydrogen) atoms. The largest absolute Gasteiger partial charge is 0.489 e. The second kappa shape index (κ2) is 24.6. The van der Waals surface area contributed by atoms with E-state index in [0.29, 0.717) is 90.2 Å². The standard InChI is InChI=1S/C45H54N16O5S/c1-3-24-67-45-55-40(52-19-18-46)39(47)42(56-45)61(49)27-31-12-15-32(16-13-31)33(57-48)26-50-20-22-65-23-21-51-38(62)17-14-29-8-10-30(11-9-29)25-37-54-41(59-58-37)43(63)53-34-28-66-36-7-5-4-6-35(36)60(2)44(34)64/h4-13,15-16,26,34,48,50H,3,18-25,27-28,46-47,49H2,1-2H3,(H,51,62)(H,53,63)(H,52,55,56)(H,54,58,59)/b33-26-,57-48?. The molecule has 0 fully saturated rings. The van der Waals surface area contributed by atoms with Gasteiger partial charge in [0.25, 0.3) is 17.7 Å². The molecule has 6 rings (SSSR count). The lowest BCUT2D eigenvalue weighted by molar-refractivity contribution is -0.120. The van der Waals surface area contributed by atoms with Crippen LogP contribution in [0.25, 0.3) is 5.70 Å². The molecule has 5 aromatic rings. The maximum absolute atomic E-state index is 13.0. The number of nitrogen functional groups attached to an aromatic ring is 1. The minimum Gasteiger partial charge on any atom is -0.489 e. The number of H-pyrrole nitrogens is 1. The third kappa shape index (κ3) is 14.0. The van der Waals surface area contributed by atoms with Crippen LogP contribution < -0.4 is 53.2 Å². The van der Waals surface area contributed by atoms with Gasteiger partial charge >= 0.3 is 0 Å². The van der Waals surface area contributed by atoms with Gasteiger partial charge in [-0.05, 0) is 41.8 Å². The zero-order chi connectivity index (χ0) is 47.5. The summed E-state index contributed by atoms with van der Waals surface area (Å²) < 4.78 is 11.4. The van der Waals surface area contributed by atoms with Crippen LogP contribution in [0.3, 0.4) is 0 Å². The molecule has 0 saturated heterocycles.